The molecule has 0 aliphatic rings. The zero-order valence-corrected chi connectivity index (χ0v) is 45.4. The first-order chi connectivity index (χ1) is 35.0. The summed E-state index contributed by atoms with van der Waals surface area (Å²) in [6.45, 7) is 6.36. The summed E-state index contributed by atoms with van der Waals surface area (Å²) < 4.78 is 16.7. The van der Waals surface area contributed by atoms with Gasteiger partial charge < -0.3 is 14.2 Å². The minimum atomic E-state index is -0.845. The molecule has 0 amide bonds. The van der Waals surface area contributed by atoms with Crippen LogP contribution in [-0.4, -0.2) is 37.2 Å². The molecule has 0 fully saturated rings. The standard InChI is InChI=1S/C65H102O6/c1-4-7-10-13-16-19-22-25-28-31-32-35-38-41-44-47-50-53-56-59-65(68)71-62(60-69-63(66)57-54-51-48-45-42-39-36-33-29-26-23-20-17-14-11-8-5-2)61-70-64(67)58-55-52-49-46-43-40-37-34-30-27-24-21-18-15-12-9-6-3/h7,10,16-17,19-20,25-30,32,35-37,39-41,44-46,48-49,62H,4-6,8-9,11-15,18,21-24,31,33-34,38,42-43,47,50-61H2,1-3H3/b10-7-,19-16-,20-17-,28-25-,29-26-,30-27-,35-32-,39-36-,40-37-,44-41-,48-45-,49-46-/t62-/m1/s1. The van der Waals surface area contributed by atoms with Gasteiger partial charge >= 0.3 is 17.9 Å². The summed E-state index contributed by atoms with van der Waals surface area (Å²) in [7, 11) is 0. The Morgan fingerprint density at radius 3 is 0.930 bits per heavy atom. The van der Waals surface area contributed by atoms with E-state index < -0.39 is 6.10 Å². The molecule has 71 heavy (non-hydrogen) atoms. The second-order valence-corrected chi connectivity index (χ2v) is 18.1. The molecule has 0 spiro atoms. The Morgan fingerprint density at radius 1 is 0.296 bits per heavy atom. The number of rotatable bonds is 49. The van der Waals surface area contributed by atoms with Crippen LogP contribution in [0.2, 0.25) is 0 Å². The molecule has 0 aromatic carbocycles. The smallest absolute Gasteiger partial charge is 0.306 e. The molecular weight excluding hydrogens is 877 g/mol. The van der Waals surface area contributed by atoms with E-state index in [1.807, 2.05) is 0 Å². The predicted molar refractivity (Wildman–Crippen MR) is 306 cm³/mol. The summed E-state index contributed by atoms with van der Waals surface area (Å²) in [5.41, 5.74) is 0. The molecule has 1 atom stereocenters. The van der Waals surface area contributed by atoms with Gasteiger partial charge in [0.1, 0.15) is 13.2 Å². The summed E-state index contributed by atoms with van der Waals surface area (Å²) in [4.78, 5) is 38.1. The molecule has 0 aromatic rings. The van der Waals surface area contributed by atoms with Crippen LogP contribution in [-0.2, 0) is 28.6 Å². The molecule has 0 aliphatic carbocycles. The molecular formula is C65H102O6. The number of unbranched alkanes of at least 4 members (excludes halogenated alkanes) is 14. The lowest BCUT2D eigenvalue weighted by Crippen LogP contribution is -2.30. The van der Waals surface area contributed by atoms with Gasteiger partial charge in [-0.15, -0.1) is 0 Å². The highest BCUT2D eigenvalue weighted by molar-refractivity contribution is 5.71. The van der Waals surface area contributed by atoms with E-state index in [2.05, 4.69) is 167 Å². The van der Waals surface area contributed by atoms with Crippen LogP contribution in [0.15, 0.2) is 146 Å². The van der Waals surface area contributed by atoms with Crippen LogP contribution in [0.3, 0.4) is 0 Å². The lowest BCUT2D eigenvalue weighted by molar-refractivity contribution is -0.167. The molecule has 0 heterocycles. The number of ether oxygens (including phenoxy) is 3. The monoisotopic (exact) mass is 979 g/mol. The van der Waals surface area contributed by atoms with E-state index in [9.17, 15) is 14.4 Å². The largest absolute Gasteiger partial charge is 0.462 e. The van der Waals surface area contributed by atoms with Gasteiger partial charge in [-0.25, -0.2) is 0 Å². The van der Waals surface area contributed by atoms with E-state index in [1.54, 1.807) is 0 Å². The number of carbonyl (C=O) groups excluding carboxylic acids is 3. The highest BCUT2D eigenvalue weighted by Gasteiger charge is 2.19. The first kappa shape index (κ1) is 66.3. The van der Waals surface area contributed by atoms with Gasteiger partial charge in [-0.2, -0.15) is 0 Å². The summed E-state index contributed by atoms with van der Waals surface area (Å²) in [5, 5.41) is 0. The Labute approximate surface area is 436 Å². The fourth-order valence-corrected chi connectivity index (χ4v) is 7.06. The van der Waals surface area contributed by atoms with Crippen LogP contribution < -0.4 is 0 Å². The van der Waals surface area contributed by atoms with Gasteiger partial charge in [0.05, 0.1) is 0 Å². The number of hydrogen-bond acceptors (Lipinski definition) is 6. The van der Waals surface area contributed by atoms with Crippen molar-refractivity contribution in [3.05, 3.63) is 146 Å². The molecule has 0 radical (unpaired) electrons. The van der Waals surface area contributed by atoms with Crippen molar-refractivity contribution in [3.8, 4) is 0 Å². The van der Waals surface area contributed by atoms with E-state index in [4.69, 9.17) is 14.2 Å². The first-order valence-corrected chi connectivity index (χ1v) is 28.3. The fourth-order valence-electron chi connectivity index (χ4n) is 7.06. The zero-order valence-electron chi connectivity index (χ0n) is 45.4. The number of hydrogen-bond donors (Lipinski definition) is 0. The molecule has 0 bridgehead atoms. The Kier molecular flexibility index (Phi) is 54.0. The van der Waals surface area contributed by atoms with Crippen LogP contribution in [0.5, 0.6) is 0 Å². The van der Waals surface area contributed by atoms with Crippen molar-refractivity contribution >= 4 is 17.9 Å². The van der Waals surface area contributed by atoms with Gasteiger partial charge in [0.15, 0.2) is 6.10 Å². The van der Waals surface area contributed by atoms with E-state index in [-0.39, 0.29) is 50.4 Å². The summed E-state index contributed by atoms with van der Waals surface area (Å²) in [5.74, 6) is -1.08. The minimum Gasteiger partial charge on any atom is -0.462 e. The van der Waals surface area contributed by atoms with Crippen molar-refractivity contribution < 1.29 is 28.6 Å². The Hall–Kier alpha value is -4.71. The van der Waals surface area contributed by atoms with E-state index in [0.717, 1.165) is 96.3 Å². The molecule has 0 saturated carbocycles. The van der Waals surface area contributed by atoms with Gasteiger partial charge in [-0.1, -0.05) is 218 Å². The normalized spacial score (nSPS) is 13.2. The van der Waals surface area contributed by atoms with Crippen molar-refractivity contribution in [2.45, 2.75) is 232 Å². The third kappa shape index (κ3) is 56.1. The lowest BCUT2D eigenvalue weighted by atomic mass is 10.1. The van der Waals surface area contributed by atoms with Crippen molar-refractivity contribution in [2.75, 3.05) is 13.2 Å². The van der Waals surface area contributed by atoms with Crippen molar-refractivity contribution in [3.63, 3.8) is 0 Å². The van der Waals surface area contributed by atoms with Crippen LogP contribution in [0.4, 0.5) is 0 Å². The zero-order chi connectivity index (χ0) is 51.4. The Morgan fingerprint density at radius 2 is 0.563 bits per heavy atom. The van der Waals surface area contributed by atoms with Gasteiger partial charge in [0.2, 0.25) is 0 Å². The van der Waals surface area contributed by atoms with Gasteiger partial charge in [-0.05, 0) is 135 Å². The average molecular weight is 980 g/mol. The third-order valence-corrected chi connectivity index (χ3v) is 11.3. The lowest BCUT2D eigenvalue weighted by Gasteiger charge is -2.18. The van der Waals surface area contributed by atoms with E-state index >= 15 is 0 Å². The second-order valence-electron chi connectivity index (χ2n) is 18.1. The molecule has 0 N–H and O–H groups in total. The topological polar surface area (TPSA) is 78.9 Å². The van der Waals surface area contributed by atoms with Crippen molar-refractivity contribution in [1.82, 2.24) is 0 Å². The summed E-state index contributed by atoms with van der Waals surface area (Å²) in [6, 6.07) is 0. The highest BCUT2D eigenvalue weighted by Crippen LogP contribution is 2.11. The molecule has 6 nitrogen and oxygen atoms in total. The van der Waals surface area contributed by atoms with Crippen LogP contribution in [0.25, 0.3) is 0 Å². The van der Waals surface area contributed by atoms with E-state index in [1.165, 1.54) is 70.6 Å². The number of esters is 3. The molecule has 0 rings (SSSR count). The van der Waals surface area contributed by atoms with Crippen molar-refractivity contribution in [1.29, 1.82) is 0 Å². The van der Waals surface area contributed by atoms with Gasteiger partial charge in [0.25, 0.3) is 0 Å². The molecule has 6 heteroatoms. The van der Waals surface area contributed by atoms with Crippen LogP contribution in [0, 0.1) is 0 Å². The SMILES string of the molecule is CC/C=C\C/C=C\C/C=C\C/C=C\C/C=C\CCCCCC(=O)O[C@H](COC(=O)CCC/C=C\C/C=C\C/C=C\C/C=C\CCCCC)COC(=O)CCC/C=C\C/C=C\C/C=C\CCCCCCCC. The molecule has 398 valence electrons. The average Bonchev–Trinajstić information content (AvgIpc) is 3.37. The summed E-state index contributed by atoms with van der Waals surface area (Å²) in [6.07, 6.45) is 82.7. The Bertz CT molecular complexity index is 1590. The second kappa shape index (κ2) is 57.9. The van der Waals surface area contributed by atoms with E-state index in [0.29, 0.717) is 19.3 Å². The number of allylic oxidation sites excluding steroid dienone is 24. The molecule has 0 saturated heterocycles. The molecule has 0 unspecified atom stereocenters. The first-order valence-electron chi connectivity index (χ1n) is 28.3. The third-order valence-electron chi connectivity index (χ3n) is 11.3. The maximum Gasteiger partial charge on any atom is 0.306 e. The number of carbonyl (C=O) groups is 3. The predicted octanol–water partition coefficient (Wildman–Crippen LogP) is 19.2. The fraction of sp³-hybridized carbons (Fsp3) is 0.585. The van der Waals surface area contributed by atoms with Gasteiger partial charge in [0, 0.05) is 19.3 Å². The highest BCUT2D eigenvalue weighted by atomic mass is 16.6. The Balaban J connectivity index is 4.64. The van der Waals surface area contributed by atoms with Crippen molar-refractivity contribution in [2.24, 2.45) is 0 Å². The van der Waals surface area contributed by atoms with Gasteiger partial charge in [-0.3, -0.25) is 14.4 Å². The van der Waals surface area contributed by atoms with Crippen LogP contribution in [0.1, 0.15) is 226 Å². The maximum absolute atomic E-state index is 12.8. The summed E-state index contributed by atoms with van der Waals surface area (Å²) >= 11 is 0. The molecule has 0 aliphatic heterocycles. The molecule has 0 aromatic heterocycles. The minimum absolute atomic E-state index is 0.141. The maximum atomic E-state index is 12.8. The quantitative estimate of drug-likeness (QED) is 0.0262. The van der Waals surface area contributed by atoms with Crippen LogP contribution >= 0.6 is 0 Å².